The Morgan fingerprint density at radius 3 is 1.15 bits per heavy atom. The van der Waals surface area contributed by atoms with Gasteiger partial charge in [-0.25, -0.2) is 0 Å². The highest BCUT2D eigenvalue weighted by Crippen LogP contribution is 2.40. The summed E-state index contributed by atoms with van der Waals surface area (Å²) in [5.41, 5.74) is 18.2. The van der Waals surface area contributed by atoms with Gasteiger partial charge in [-0.3, -0.25) is 0 Å². The fourth-order valence-corrected chi connectivity index (χ4v) is 9.84. The quantitative estimate of drug-likeness (QED) is 0.152. The molecule has 0 N–H and O–H groups in total. The highest BCUT2D eigenvalue weighted by molar-refractivity contribution is 6.10. The van der Waals surface area contributed by atoms with Gasteiger partial charge in [0.05, 0.1) is 17.1 Å². The first kappa shape index (κ1) is 36.0. The van der Waals surface area contributed by atoms with Crippen LogP contribution in [0, 0.1) is 0 Å². The summed E-state index contributed by atoms with van der Waals surface area (Å²) in [5, 5.41) is 5.16. The van der Waals surface area contributed by atoms with Gasteiger partial charge < -0.3 is 9.13 Å². The lowest BCUT2D eigenvalue weighted by molar-refractivity contribution is 0.649. The number of hydrogen-bond acceptors (Lipinski definition) is 0. The van der Waals surface area contributed by atoms with Gasteiger partial charge in [-0.15, -0.1) is 0 Å². The van der Waals surface area contributed by atoms with Gasteiger partial charge in [-0.2, -0.15) is 0 Å². The average Bonchev–Trinajstić information content (AvgIpc) is 3.87. The summed E-state index contributed by atoms with van der Waals surface area (Å²) in [7, 11) is 0. The summed E-state index contributed by atoms with van der Waals surface area (Å²) >= 11 is 0. The molecular formula is C60H42N2. The second kappa shape index (κ2) is 15.0. The van der Waals surface area contributed by atoms with Gasteiger partial charge in [-0.05, 0) is 135 Å². The van der Waals surface area contributed by atoms with Crippen molar-refractivity contribution in [3.63, 3.8) is 0 Å². The molecule has 1 aliphatic carbocycles. The SMILES string of the molecule is C1=CC(n2c3ccccc3c3ccccc32)CC=C1c1cc(-c2ccccc2)cc(-c2cc(-c3ccccc3)cc(-c3ccc(-n4c5ccccc5c5ccccc54)cc3)c2)c1. The zero-order valence-electron chi connectivity index (χ0n) is 34.2. The zero-order chi connectivity index (χ0) is 41.0. The largest absolute Gasteiger partial charge is 0.333 e. The smallest absolute Gasteiger partial charge is 0.0560 e. The van der Waals surface area contributed by atoms with Crippen LogP contribution < -0.4 is 0 Å². The van der Waals surface area contributed by atoms with E-state index >= 15 is 0 Å². The number of rotatable bonds is 7. The molecule has 62 heavy (non-hydrogen) atoms. The minimum atomic E-state index is 0.229. The molecule has 12 rings (SSSR count). The van der Waals surface area contributed by atoms with Crippen LogP contribution in [-0.2, 0) is 0 Å². The first-order chi connectivity index (χ1) is 30.7. The molecule has 9 aromatic carbocycles. The number of nitrogens with zero attached hydrogens (tertiary/aromatic N) is 2. The minimum absolute atomic E-state index is 0.229. The average molecular weight is 791 g/mol. The van der Waals surface area contributed by atoms with Crippen molar-refractivity contribution in [3.8, 4) is 50.2 Å². The standard InChI is InChI=1S/C60H42N2/c1-3-15-41(16-4-1)45-35-47(43-27-31-51(32-28-43)61-57-23-11-7-19-53(57)54-20-8-12-24-58(54)61)39-49(37-45)50-38-46(42-17-5-2-6-18-42)36-48(40-50)44-29-33-52(34-30-44)62-59-25-13-9-21-55(59)56-22-10-14-26-60(56)62/h1-33,35-40,52H,34H2. The second-order valence-electron chi connectivity index (χ2n) is 16.5. The Morgan fingerprint density at radius 2 is 0.694 bits per heavy atom. The van der Waals surface area contributed by atoms with E-state index in [2.05, 4.69) is 246 Å². The van der Waals surface area contributed by atoms with Crippen LogP contribution in [0.2, 0.25) is 0 Å². The van der Waals surface area contributed by atoms with E-state index in [4.69, 9.17) is 0 Å². The summed E-state index contributed by atoms with van der Waals surface area (Å²) in [6.07, 6.45) is 8.10. The van der Waals surface area contributed by atoms with Gasteiger partial charge in [0, 0.05) is 38.3 Å². The molecule has 0 radical (unpaired) electrons. The summed E-state index contributed by atoms with van der Waals surface area (Å²) in [6, 6.07) is 80.1. The normalized spacial score (nSPS) is 13.9. The molecule has 1 unspecified atom stereocenters. The van der Waals surface area contributed by atoms with Crippen LogP contribution in [0.25, 0.3) is 99.4 Å². The molecule has 11 aromatic rings. The van der Waals surface area contributed by atoms with Crippen molar-refractivity contribution < 1.29 is 0 Å². The summed E-state index contributed by atoms with van der Waals surface area (Å²) in [4.78, 5) is 0. The third-order valence-corrected chi connectivity index (χ3v) is 12.8. The number of para-hydroxylation sites is 4. The molecule has 0 saturated carbocycles. The molecule has 1 aliphatic rings. The highest BCUT2D eigenvalue weighted by atomic mass is 15.0. The molecule has 0 spiro atoms. The lowest BCUT2D eigenvalue weighted by Gasteiger charge is -2.21. The monoisotopic (exact) mass is 790 g/mol. The second-order valence-corrected chi connectivity index (χ2v) is 16.5. The van der Waals surface area contributed by atoms with E-state index in [1.807, 2.05) is 0 Å². The third-order valence-electron chi connectivity index (χ3n) is 12.8. The maximum absolute atomic E-state index is 2.52. The molecule has 0 bridgehead atoms. The molecular weight excluding hydrogens is 749 g/mol. The minimum Gasteiger partial charge on any atom is -0.333 e. The Morgan fingerprint density at radius 1 is 0.323 bits per heavy atom. The number of benzene rings is 9. The predicted octanol–water partition coefficient (Wildman–Crippen LogP) is 16.1. The summed E-state index contributed by atoms with van der Waals surface area (Å²) < 4.78 is 4.91. The van der Waals surface area contributed by atoms with E-state index in [1.165, 1.54) is 99.3 Å². The number of hydrogen-bond donors (Lipinski definition) is 0. The van der Waals surface area contributed by atoms with Crippen LogP contribution in [-0.4, -0.2) is 9.13 Å². The van der Waals surface area contributed by atoms with Crippen LogP contribution in [0.5, 0.6) is 0 Å². The molecule has 0 aliphatic heterocycles. The van der Waals surface area contributed by atoms with Crippen molar-refractivity contribution in [2.24, 2.45) is 0 Å². The zero-order valence-corrected chi connectivity index (χ0v) is 34.2. The third kappa shape index (κ3) is 6.19. The Labute approximate surface area is 361 Å². The Bertz CT molecular complexity index is 3420. The maximum atomic E-state index is 2.52. The van der Waals surface area contributed by atoms with Crippen LogP contribution in [0.1, 0.15) is 18.0 Å². The summed E-state index contributed by atoms with van der Waals surface area (Å²) in [6.45, 7) is 0. The lowest BCUT2D eigenvalue weighted by atomic mass is 9.88. The van der Waals surface area contributed by atoms with Crippen molar-refractivity contribution >= 4 is 49.2 Å². The van der Waals surface area contributed by atoms with Crippen LogP contribution >= 0.6 is 0 Å². The van der Waals surface area contributed by atoms with Gasteiger partial charge in [0.1, 0.15) is 0 Å². The van der Waals surface area contributed by atoms with Gasteiger partial charge in [0.25, 0.3) is 0 Å². The van der Waals surface area contributed by atoms with E-state index in [1.54, 1.807) is 0 Å². The molecule has 2 aromatic heterocycles. The van der Waals surface area contributed by atoms with E-state index in [9.17, 15) is 0 Å². The number of allylic oxidation sites excluding steroid dienone is 4. The van der Waals surface area contributed by atoms with Crippen molar-refractivity contribution in [1.29, 1.82) is 0 Å². The van der Waals surface area contributed by atoms with E-state index < -0.39 is 0 Å². The fraction of sp³-hybridized carbons (Fsp3) is 0.0333. The predicted molar refractivity (Wildman–Crippen MR) is 263 cm³/mol. The van der Waals surface area contributed by atoms with Gasteiger partial charge >= 0.3 is 0 Å². The van der Waals surface area contributed by atoms with E-state index in [0.717, 1.165) is 12.1 Å². The first-order valence-electron chi connectivity index (χ1n) is 21.6. The fourth-order valence-electron chi connectivity index (χ4n) is 9.84. The molecule has 2 nitrogen and oxygen atoms in total. The Kier molecular flexibility index (Phi) is 8.67. The molecule has 0 saturated heterocycles. The topological polar surface area (TPSA) is 9.86 Å². The molecule has 1 atom stereocenters. The number of fused-ring (bicyclic) bond motifs is 6. The molecule has 2 heteroatoms. The molecule has 292 valence electrons. The van der Waals surface area contributed by atoms with Crippen LogP contribution in [0.4, 0.5) is 0 Å². The van der Waals surface area contributed by atoms with Crippen molar-refractivity contribution in [2.75, 3.05) is 0 Å². The van der Waals surface area contributed by atoms with Crippen LogP contribution in [0.15, 0.2) is 237 Å². The van der Waals surface area contributed by atoms with E-state index in [-0.39, 0.29) is 6.04 Å². The van der Waals surface area contributed by atoms with Gasteiger partial charge in [0.2, 0.25) is 0 Å². The molecule has 0 fully saturated rings. The molecule has 2 heterocycles. The van der Waals surface area contributed by atoms with Crippen molar-refractivity contribution in [3.05, 3.63) is 242 Å². The highest BCUT2D eigenvalue weighted by Gasteiger charge is 2.19. The van der Waals surface area contributed by atoms with Crippen molar-refractivity contribution in [2.45, 2.75) is 12.5 Å². The van der Waals surface area contributed by atoms with Crippen molar-refractivity contribution in [1.82, 2.24) is 9.13 Å². The lowest BCUT2D eigenvalue weighted by Crippen LogP contribution is -2.08. The van der Waals surface area contributed by atoms with Crippen LogP contribution in [0.3, 0.4) is 0 Å². The first-order valence-corrected chi connectivity index (χ1v) is 21.6. The van der Waals surface area contributed by atoms with Gasteiger partial charge in [-0.1, -0.05) is 164 Å². The van der Waals surface area contributed by atoms with E-state index in [0.29, 0.717) is 0 Å². The number of aromatic nitrogens is 2. The molecule has 0 amide bonds. The van der Waals surface area contributed by atoms with Gasteiger partial charge in [0.15, 0.2) is 0 Å². The summed E-state index contributed by atoms with van der Waals surface area (Å²) in [5.74, 6) is 0. The Hall–Kier alpha value is -7.94. The Balaban J connectivity index is 0.961. The maximum Gasteiger partial charge on any atom is 0.0560 e.